The summed E-state index contributed by atoms with van der Waals surface area (Å²) in [5.74, 6) is 0.774. The molecule has 160 valence electrons. The van der Waals surface area contributed by atoms with E-state index in [1.165, 1.54) is 0 Å². The molecule has 0 radical (unpaired) electrons. The van der Waals surface area contributed by atoms with E-state index in [1.807, 2.05) is 65.7 Å². The summed E-state index contributed by atoms with van der Waals surface area (Å²) in [5, 5.41) is 3.60. The van der Waals surface area contributed by atoms with Gasteiger partial charge in [0, 0.05) is 22.6 Å². The second-order valence-corrected chi connectivity index (χ2v) is 8.11. The smallest absolute Gasteiger partial charge is 0.322 e. The third kappa shape index (κ3) is 3.72. The van der Waals surface area contributed by atoms with Gasteiger partial charge in [-0.25, -0.2) is 4.79 Å². The van der Waals surface area contributed by atoms with Gasteiger partial charge in [-0.1, -0.05) is 48.0 Å². The first kappa shape index (κ1) is 20.2. The Kier molecular flexibility index (Phi) is 5.33. The van der Waals surface area contributed by atoms with Crippen LogP contribution in [0.25, 0.3) is 5.69 Å². The minimum atomic E-state index is -0.289. The number of benzene rings is 3. The fraction of sp³-hybridized carbons (Fsp3) is 0.115. The summed E-state index contributed by atoms with van der Waals surface area (Å²) in [4.78, 5) is 15.5. The van der Waals surface area contributed by atoms with E-state index in [4.69, 9.17) is 16.3 Å². The maximum Gasteiger partial charge on any atom is 0.322 e. The van der Waals surface area contributed by atoms with Crippen molar-refractivity contribution in [3.8, 4) is 11.4 Å². The highest BCUT2D eigenvalue weighted by Gasteiger charge is 2.33. The molecule has 0 unspecified atom stereocenters. The Bertz CT molecular complexity index is 1270. The van der Waals surface area contributed by atoms with Crippen LogP contribution in [0.5, 0.6) is 5.75 Å². The Balaban J connectivity index is 1.62. The zero-order valence-corrected chi connectivity index (χ0v) is 18.3. The number of methoxy groups -OCH3 is 1. The summed E-state index contributed by atoms with van der Waals surface area (Å²) in [7, 11) is 1.65. The number of carbonyl (C=O) groups is 1. The van der Waals surface area contributed by atoms with E-state index in [1.54, 1.807) is 19.2 Å². The summed E-state index contributed by atoms with van der Waals surface area (Å²) < 4.78 is 7.50. The predicted molar refractivity (Wildman–Crippen MR) is 127 cm³/mol. The third-order valence-electron chi connectivity index (χ3n) is 5.73. The minimum absolute atomic E-state index is 0.197. The lowest BCUT2D eigenvalue weighted by molar-refractivity contribution is 0.194. The van der Waals surface area contributed by atoms with Crippen LogP contribution >= 0.6 is 11.6 Å². The van der Waals surface area contributed by atoms with Gasteiger partial charge in [0.05, 0.1) is 25.4 Å². The Morgan fingerprint density at radius 3 is 2.59 bits per heavy atom. The SMILES string of the molecule is COc1ccc([C@@H]2c3cccn3-c3ccccc3CN2C(=O)Nc2cccc(Cl)c2)cc1. The fourth-order valence-electron chi connectivity index (χ4n) is 4.24. The van der Waals surface area contributed by atoms with E-state index in [0.717, 1.165) is 28.3 Å². The molecule has 3 aromatic carbocycles. The molecule has 5 rings (SSSR count). The molecule has 1 aliphatic rings. The number of para-hydroxylation sites is 1. The van der Waals surface area contributed by atoms with Gasteiger partial charge in [-0.2, -0.15) is 0 Å². The number of fused-ring (bicyclic) bond motifs is 3. The fourth-order valence-corrected chi connectivity index (χ4v) is 4.43. The van der Waals surface area contributed by atoms with E-state index in [9.17, 15) is 4.79 Å². The number of anilines is 1. The predicted octanol–water partition coefficient (Wildman–Crippen LogP) is 6.28. The number of aromatic nitrogens is 1. The monoisotopic (exact) mass is 443 g/mol. The molecule has 0 fully saturated rings. The normalized spacial score (nSPS) is 14.8. The van der Waals surface area contributed by atoms with E-state index in [2.05, 4.69) is 28.1 Å². The van der Waals surface area contributed by atoms with Crippen molar-refractivity contribution in [1.82, 2.24) is 9.47 Å². The zero-order valence-electron chi connectivity index (χ0n) is 17.5. The third-order valence-corrected chi connectivity index (χ3v) is 5.97. The van der Waals surface area contributed by atoms with Crippen LogP contribution in [-0.4, -0.2) is 22.6 Å². The molecule has 2 amide bonds. The Hall–Kier alpha value is -3.70. The van der Waals surface area contributed by atoms with Gasteiger partial charge in [-0.15, -0.1) is 0 Å². The molecule has 6 heteroatoms. The first-order chi connectivity index (χ1) is 15.6. The van der Waals surface area contributed by atoms with Crippen molar-refractivity contribution in [2.75, 3.05) is 12.4 Å². The summed E-state index contributed by atoms with van der Waals surface area (Å²) >= 11 is 6.13. The summed E-state index contributed by atoms with van der Waals surface area (Å²) in [5.41, 5.74) is 4.82. The molecule has 32 heavy (non-hydrogen) atoms. The van der Waals surface area contributed by atoms with Gasteiger partial charge in [-0.3, -0.25) is 0 Å². The van der Waals surface area contributed by atoms with E-state index in [0.29, 0.717) is 17.3 Å². The Morgan fingerprint density at radius 2 is 1.81 bits per heavy atom. The van der Waals surface area contributed by atoms with Crippen LogP contribution in [0.2, 0.25) is 5.02 Å². The van der Waals surface area contributed by atoms with Gasteiger partial charge in [0.15, 0.2) is 0 Å². The molecule has 1 aliphatic heterocycles. The van der Waals surface area contributed by atoms with Gasteiger partial charge in [0.2, 0.25) is 0 Å². The molecule has 0 saturated carbocycles. The van der Waals surface area contributed by atoms with Crippen LogP contribution in [0.15, 0.2) is 91.1 Å². The number of nitrogens with one attached hydrogen (secondary N) is 1. The lowest BCUT2D eigenvalue weighted by atomic mass is 10.0. The highest BCUT2D eigenvalue weighted by Crippen LogP contribution is 2.37. The van der Waals surface area contributed by atoms with Crippen molar-refractivity contribution < 1.29 is 9.53 Å². The molecule has 0 spiro atoms. The average Bonchev–Trinajstić information content (AvgIpc) is 3.23. The largest absolute Gasteiger partial charge is 0.497 e. The van der Waals surface area contributed by atoms with E-state index in [-0.39, 0.29) is 12.1 Å². The van der Waals surface area contributed by atoms with Crippen molar-refractivity contribution >= 4 is 23.3 Å². The van der Waals surface area contributed by atoms with Crippen molar-refractivity contribution in [1.29, 1.82) is 0 Å². The molecule has 0 saturated heterocycles. The molecule has 0 bridgehead atoms. The maximum atomic E-state index is 13.6. The molecular weight excluding hydrogens is 422 g/mol. The van der Waals surface area contributed by atoms with Crippen LogP contribution in [0.4, 0.5) is 10.5 Å². The molecule has 5 nitrogen and oxygen atoms in total. The first-order valence-corrected chi connectivity index (χ1v) is 10.7. The Labute approximate surface area is 191 Å². The minimum Gasteiger partial charge on any atom is -0.497 e. The van der Waals surface area contributed by atoms with Crippen LogP contribution in [0.1, 0.15) is 22.9 Å². The van der Waals surface area contributed by atoms with Gasteiger partial charge < -0.3 is 19.5 Å². The van der Waals surface area contributed by atoms with Crippen molar-refractivity contribution in [2.45, 2.75) is 12.6 Å². The number of rotatable bonds is 3. The van der Waals surface area contributed by atoms with Gasteiger partial charge in [-0.05, 0) is 59.7 Å². The number of hydrogen-bond donors (Lipinski definition) is 1. The zero-order chi connectivity index (χ0) is 22.1. The van der Waals surface area contributed by atoms with Gasteiger partial charge >= 0.3 is 6.03 Å². The lowest BCUT2D eigenvalue weighted by Crippen LogP contribution is -2.37. The molecule has 4 aromatic rings. The molecule has 2 heterocycles. The number of ether oxygens (including phenoxy) is 1. The summed E-state index contributed by atoms with van der Waals surface area (Å²) in [6, 6.07) is 26.8. The van der Waals surface area contributed by atoms with Crippen molar-refractivity contribution in [2.24, 2.45) is 0 Å². The second-order valence-electron chi connectivity index (χ2n) is 7.68. The number of urea groups is 1. The lowest BCUT2D eigenvalue weighted by Gasteiger charge is -2.31. The second kappa shape index (κ2) is 8.44. The first-order valence-electron chi connectivity index (χ1n) is 10.4. The number of hydrogen-bond acceptors (Lipinski definition) is 2. The molecule has 0 aliphatic carbocycles. The number of halogens is 1. The average molecular weight is 444 g/mol. The maximum absolute atomic E-state index is 13.6. The van der Waals surface area contributed by atoms with E-state index >= 15 is 0 Å². The molecule has 1 atom stereocenters. The topological polar surface area (TPSA) is 46.5 Å². The number of amides is 2. The molecular formula is C26H22ClN3O2. The van der Waals surface area contributed by atoms with Crippen molar-refractivity contribution in [3.05, 3.63) is 113 Å². The van der Waals surface area contributed by atoms with E-state index < -0.39 is 0 Å². The standard InChI is InChI=1S/C26H22ClN3O2/c1-32-22-13-11-18(12-14-22)25-24-10-5-15-29(24)23-9-3-2-6-19(23)17-30(25)26(31)28-21-8-4-7-20(27)16-21/h2-16,25H,17H2,1H3,(H,28,31)/t25-/m1/s1. The molecule has 1 aromatic heterocycles. The highest BCUT2D eigenvalue weighted by atomic mass is 35.5. The summed E-state index contributed by atoms with van der Waals surface area (Å²) in [6.45, 7) is 0.459. The highest BCUT2D eigenvalue weighted by molar-refractivity contribution is 6.30. The van der Waals surface area contributed by atoms with Gasteiger partial charge in [0.1, 0.15) is 5.75 Å². The number of nitrogens with zero attached hydrogens (tertiary/aromatic N) is 2. The molecule has 1 N–H and O–H groups in total. The Morgan fingerprint density at radius 1 is 1.00 bits per heavy atom. The van der Waals surface area contributed by atoms with Crippen LogP contribution < -0.4 is 10.1 Å². The quantitative estimate of drug-likeness (QED) is 0.405. The van der Waals surface area contributed by atoms with Crippen LogP contribution in [-0.2, 0) is 6.54 Å². The number of carbonyl (C=O) groups excluding carboxylic acids is 1. The van der Waals surface area contributed by atoms with Crippen molar-refractivity contribution in [3.63, 3.8) is 0 Å². The van der Waals surface area contributed by atoms with Gasteiger partial charge in [0.25, 0.3) is 0 Å². The van der Waals surface area contributed by atoms with Crippen LogP contribution in [0, 0.1) is 0 Å². The summed E-state index contributed by atoms with van der Waals surface area (Å²) in [6.07, 6.45) is 2.04. The van der Waals surface area contributed by atoms with Crippen LogP contribution in [0.3, 0.4) is 0 Å².